The number of aliphatic hydroxyl groups is 1. The van der Waals surface area contributed by atoms with Gasteiger partial charge in [-0.05, 0) is 20.0 Å². The average Bonchev–Trinajstić information content (AvgIpc) is 2.23. The molecule has 0 aromatic heterocycles. The number of urea groups is 1. The second-order valence-corrected chi connectivity index (χ2v) is 3.26. The number of hydrogen-bond acceptors (Lipinski definition) is 4. The topological polar surface area (TPSA) is 111 Å². The van der Waals surface area contributed by atoms with Crippen molar-refractivity contribution >= 4 is 12.0 Å². The number of carbonyl (C=O) groups excluding carboxylic acids is 1. The van der Waals surface area contributed by atoms with Crippen LogP contribution in [0.1, 0.15) is 12.8 Å². The number of aliphatic carboxylic acids is 1. The molecule has 0 spiro atoms. The van der Waals surface area contributed by atoms with Crippen LogP contribution in [0.4, 0.5) is 4.79 Å². The molecule has 0 saturated heterocycles. The quantitative estimate of drug-likeness (QED) is 0.336. The van der Waals surface area contributed by atoms with Crippen LogP contribution in [0, 0.1) is 0 Å². The highest BCUT2D eigenvalue weighted by atomic mass is 16.4. The van der Waals surface area contributed by atoms with Gasteiger partial charge < -0.3 is 26.2 Å². The summed E-state index contributed by atoms with van der Waals surface area (Å²) in [6.07, 6.45) is 0.765. The Labute approximate surface area is 94.2 Å². The van der Waals surface area contributed by atoms with Gasteiger partial charge in [-0.2, -0.15) is 0 Å². The van der Waals surface area contributed by atoms with Crippen molar-refractivity contribution in [2.24, 2.45) is 0 Å². The highest BCUT2D eigenvalue weighted by Crippen LogP contribution is 1.90. The molecule has 0 aromatic carbocycles. The molecule has 0 radical (unpaired) electrons. The molecule has 0 saturated carbocycles. The number of aliphatic hydroxyl groups excluding tert-OH is 1. The third kappa shape index (κ3) is 7.02. The van der Waals surface area contributed by atoms with Crippen LogP contribution >= 0.6 is 0 Å². The number of rotatable bonds is 8. The normalized spacial score (nSPS) is 11.9. The maximum absolute atomic E-state index is 11.2. The van der Waals surface area contributed by atoms with Crippen molar-refractivity contribution in [1.29, 1.82) is 0 Å². The molecule has 1 atom stereocenters. The summed E-state index contributed by atoms with van der Waals surface area (Å²) < 4.78 is 0. The molecule has 94 valence electrons. The molecule has 7 heteroatoms. The Morgan fingerprint density at radius 2 is 2.00 bits per heavy atom. The molecule has 0 heterocycles. The fourth-order valence-corrected chi connectivity index (χ4v) is 1.06. The van der Waals surface area contributed by atoms with Gasteiger partial charge in [0.1, 0.15) is 6.04 Å². The Kier molecular flexibility index (Phi) is 8.18. The molecule has 0 aromatic rings. The minimum atomic E-state index is -1.15. The number of carboxylic acid groups (broad SMARTS) is 1. The number of carboxylic acids is 1. The lowest BCUT2D eigenvalue weighted by atomic mass is 10.2. The van der Waals surface area contributed by atoms with Crippen LogP contribution in [-0.2, 0) is 4.79 Å². The molecular formula is C9H19N3O4. The highest BCUT2D eigenvalue weighted by molar-refractivity contribution is 5.82. The van der Waals surface area contributed by atoms with E-state index in [1.54, 1.807) is 0 Å². The van der Waals surface area contributed by atoms with Crippen LogP contribution < -0.4 is 16.0 Å². The molecule has 0 fully saturated rings. The summed E-state index contributed by atoms with van der Waals surface area (Å²) in [5.41, 5.74) is 0. The van der Waals surface area contributed by atoms with Crippen LogP contribution in [0.15, 0.2) is 0 Å². The van der Waals surface area contributed by atoms with E-state index < -0.39 is 18.0 Å². The molecule has 0 aliphatic heterocycles. The number of carbonyl (C=O) groups is 2. The summed E-state index contributed by atoms with van der Waals surface area (Å²) in [6.45, 7) is 0.967. The Morgan fingerprint density at radius 1 is 1.31 bits per heavy atom. The zero-order chi connectivity index (χ0) is 12.4. The maximum atomic E-state index is 11.2. The van der Waals surface area contributed by atoms with Crippen molar-refractivity contribution in [3.8, 4) is 0 Å². The molecule has 0 rings (SSSR count). The van der Waals surface area contributed by atoms with Crippen LogP contribution in [0.2, 0.25) is 0 Å². The monoisotopic (exact) mass is 233 g/mol. The second kappa shape index (κ2) is 8.93. The van der Waals surface area contributed by atoms with Gasteiger partial charge in [-0.1, -0.05) is 0 Å². The van der Waals surface area contributed by atoms with Crippen molar-refractivity contribution in [2.45, 2.75) is 18.9 Å². The van der Waals surface area contributed by atoms with E-state index in [1.165, 1.54) is 0 Å². The molecule has 5 N–H and O–H groups in total. The van der Waals surface area contributed by atoms with Gasteiger partial charge in [0.15, 0.2) is 0 Å². The first kappa shape index (κ1) is 14.7. The highest BCUT2D eigenvalue weighted by Gasteiger charge is 2.18. The summed E-state index contributed by atoms with van der Waals surface area (Å²) in [4.78, 5) is 21.8. The number of nitrogens with one attached hydrogen (secondary N) is 3. The van der Waals surface area contributed by atoms with Crippen LogP contribution in [0.3, 0.4) is 0 Å². The van der Waals surface area contributed by atoms with E-state index in [0.29, 0.717) is 6.54 Å². The SMILES string of the molecule is CNCCCNC(=O)NC(CCO)C(=O)O. The predicted octanol–water partition coefficient (Wildman–Crippen LogP) is -1.27. The lowest BCUT2D eigenvalue weighted by Gasteiger charge is -2.13. The average molecular weight is 233 g/mol. The Balaban J connectivity index is 3.77. The molecule has 0 bridgehead atoms. The van der Waals surface area contributed by atoms with E-state index in [9.17, 15) is 9.59 Å². The van der Waals surface area contributed by atoms with Gasteiger partial charge in [0.2, 0.25) is 0 Å². The van der Waals surface area contributed by atoms with E-state index in [0.717, 1.165) is 13.0 Å². The van der Waals surface area contributed by atoms with Gasteiger partial charge >= 0.3 is 12.0 Å². The second-order valence-electron chi connectivity index (χ2n) is 3.26. The van der Waals surface area contributed by atoms with Gasteiger partial charge in [0.25, 0.3) is 0 Å². The fraction of sp³-hybridized carbons (Fsp3) is 0.778. The maximum Gasteiger partial charge on any atom is 0.326 e. The molecule has 7 nitrogen and oxygen atoms in total. The largest absolute Gasteiger partial charge is 0.480 e. The molecular weight excluding hydrogens is 214 g/mol. The summed E-state index contributed by atoms with van der Waals surface area (Å²) >= 11 is 0. The van der Waals surface area contributed by atoms with Gasteiger partial charge in [-0.25, -0.2) is 9.59 Å². The fourth-order valence-electron chi connectivity index (χ4n) is 1.06. The van der Waals surface area contributed by atoms with E-state index in [-0.39, 0.29) is 13.0 Å². The molecule has 0 aliphatic rings. The van der Waals surface area contributed by atoms with Crippen molar-refractivity contribution < 1.29 is 19.8 Å². The smallest absolute Gasteiger partial charge is 0.326 e. The van der Waals surface area contributed by atoms with Crippen molar-refractivity contribution in [3.63, 3.8) is 0 Å². The van der Waals surface area contributed by atoms with Gasteiger partial charge in [0.05, 0.1) is 0 Å². The van der Waals surface area contributed by atoms with Crippen LogP contribution in [0.25, 0.3) is 0 Å². The van der Waals surface area contributed by atoms with Gasteiger partial charge in [-0.3, -0.25) is 0 Å². The first-order chi connectivity index (χ1) is 7.61. The lowest BCUT2D eigenvalue weighted by molar-refractivity contribution is -0.139. The van der Waals surface area contributed by atoms with Crippen molar-refractivity contribution in [3.05, 3.63) is 0 Å². The summed E-state index contributed by atoms with van der Waals surface area (Å²) in [5, 5.41) is 25.0. The third-order valence-electron chi connectivity index (χ3n) is 1.91. The standard InChI is InChI=1S/C9H19N3O4/c1-10-4-2-5-11-9(16)12-7(3-6-13)8(14)15/h7,10,13H,2-6H2,1H3,(H,14,15)(H2,11,12,16). The summed E-state index contributed by atoms with van der Waals surface area (Å²) in [7, 11) is 1.81. The van der Waals surface area contributed by atoms with Crippen molar-refractivity contribution in [1.82, 2.24) is 16.0 Å². The van der Waals surface area contributed by atoms with Crippen LogP contribution in [-0.4, -0.2) is 55.0 Å². The number of hydrogen-bond donors (Lipinski definition) is 5. The predicted molar refractivity (Wildman–Crippen MR) is 58.2 cm³/mol. The van der Waals surface area contributed by atoms with Crippen LogP contribution in [0.5, 0.6) is 0 Å². The Morgan fingerprint density at radius 3 is 2.50 bits per heavy atom. The van der Waals surface area contributed by atoms with E-state index in [2.05, 4.69) is 16.0 Å². The van der Waals surface area contributed by atoms with E-state index >= 15 is 0 Å². The lowest BCUT2D eigenvalue weighted by Crippen LogP contribution is -2.46. The molecule has 16 heavy (non-hydrogen) atoms. The van der Waals surface area contributed by atoms with E-state index in [1.807, 2.05) is 7.05 Å². The zero-order valence-corrected chi connectivity index (χ0v) is 9.32. The minimum Gasteiger partial charge on any atom is -0.480 e. The van der Waals surface area contributed by atoms with Crippen molar-refractivity contribution in [2.75, 3.05) is 26.7 Å². The first-order valence-electron chi connectivity index (χ1n) is 5.14. The molecule has 2 amide bonds. The Bertz CT molecular complexity index is 223. The summed E-state index contributed by atoms with van der Waals surface area (Å²) in [6, 6.07) is -1.58. The van der Waals surface area contributed by atoms with Gasteiger partial charge in [0, 0.05) is 19.6 Å². The molecule has 0 aliphatic carbocycles. The molecule has 1 unspecified atom stereocenters. The Hall–Kier alpha value is -1.34. The first-order valence-corrected chi connectivity index (χ1v) is 5.14. The minimum absolute atomic E-state index is 0.000725. The van der Waals surface area contributed by atoms with E-state index in [4.69, 9.17) is 10.2 Å². The third-order valence-corrected chi connectivity index (χ3v) is 1.91. The number of amides is 2. The van der Waals surface area contributed by atoms with Gasteiger partial charge in [-0.15, -0.1) is 0 Å². The zero-order valence-electron chi connectivity index (χ0n) is 9.32. The summed E-state index contributed by atoms with van der Waals surface area (Å²) in [5.74, 6) is -1.15.